The van der Waals surface area contributed by atoms with Gasteiger partial charge in [-0.2, -0.15) is 0 Å². The van der Waals surface area contributed by atoms with Gasteiger partial charge in [0.05, 0.1) is 14.2 Å². The van der Waals surface area contributed by atoms with Gasteiger partial charge in [0.1, 0.15) is 11.3 Å². The molecule has 0 saturated heterocycles. The summed E-state index contributed by atoms with van der Waals surface area (Å²) in [5, 5.41) is 3.52. The number of nitrogens with one attached hydrogen (secondary N) is 1. The molecule has 1 N–H and O–H groups in total. The van der Waals surface area contributed by atoms with Crippen LogP contribution in [0.4, 0.5) is 5.82 Å². The molecule has 27 heavy (non-hydrogen) atoms. The van der Waals surface area contributed by atoms with Crippen molar-refractivity contribution in [1.29, 1.82) is 0 Å². The molecule has 7 heteroatoms. The van der Waals surface area contributed by atoms with Gasteiger partial charge in [0.25, 0.3) is 0 Å². The van der Waals surface area contributed by atoms with E-state index in [0.29, 0.717) is 28.5 Å². The van der Waals surface area contributed by atoms with Crippen molar-refractivity contribution in [1.82, 2.24) is 4.98 Å². The number of ether oxygens (including phenoxy) is 2. The SMILES string of the molecule is COc1ccc2c(C)c(CCC(=O)Nc3ncccc3OC)c(=O)oc2c1. The van der Waals surface area contributed by atoms with Crippen molar-refractivity contribution >= 4 is 22.7 Å². The number of carbonyl (C=O) groups is 1. The van der Waals surface area contributed by atoms with Crippen molar-refractivity contribution < 1.29 is 18.7 Å². The molecule has 1 aromatic carbocycles. The molecule has 1 amide bonds. The number of carbonyl (C=O) groups excluding carboxylic acids is 1. The number of rotatable bonds is 6. The van der Waals surface area contributed by atoms with Gasteiger partial charge in [-0.25, -0.2) is 9.78 Å². The van der Waals surface area contributed by atoms with E-state index in [9.17, 15) is 9.59 Å². The van der Waals surface area contributed by atoms with Crippen LogP contribution in [0.15, 0.2) is 45.7 Å². The maximum atomic E-state index is 12.4. The maximum absolute atomic E-state index is 12.4. The molecule has 0 aliphatic carbocycles. The van der Waals surface area contributed by atoms with E-state index in [4.69, 9.17) is 13.9 Å². The van der Waals surface area contributed by atoms with Crippen molar-refractivity contribution in [2.45, 2.75) is 19.8 Å². The molecule has 0 fully saturated rings. The minimum absolute atomic E-state index is 0.118. The number of hydrogen-bond donors (Lipinski definition) is 1. The van der Waals surface area contributed by atoms with Gasteiger partial charge in [0, 0.05) is 29.6 Å². The molecular formula is C20H20N2O5. The predicted molar refractivity (Wildman–Crippen MR) is 102 cm³/mol. The van der Waals surface area contributed by atoms with E-state index in [2.05, 4.69) is 10.3 Å². The van der Waals surface area contributed by atoms with E-state index in [-0.39, 0.29) is 18.7 Å². The zero-order valence-electron chi connectivity index (χ0n) is 15.4. The number of hydrogen-bond acceptors (Lipinski definition) is 6. The van der Waals surface area contributed by atoms with Crippen LogP contribution in [0.5, 0.6) is 11.5 Å². The van der Waals surface area contributed by atoms with Gasteiger partial charge in [-0.15, -0.1) is 0 Å². The Morgan fingerprint density at radius 1 is 1.22 bits per heavy atom. The summed E-state index contributed by atoms with van der Waals surface area (Å²) in [5.41, 5.74) is 1.29. The highest BCUT2D eigenvalue weighted by Crippen LogP contribution is 2.25. The van der Waals surface area contributed by atoms with Gasteiger partial charge in [-0.05, 0) is 43.2 Å². The molecule has 140 valence electrons. The highest BCUT2D eigenvalue weighted by Gasteiger charge is 2.15. The molecule has 0 radical (unpaired) electrons. The normalized spacial score (nSPS) is 10.6. The average molecular weight is 368 g/mol. The molecular weight excluding hydrogens is 348 g/mol. The van der Waals surface area contributed by atoms with Crippen LogP contribution in [0.25, 0.3) is 11.0 Å². The minimum atomic E-state index is -0.448. The van der Waals surface area contributed by atoms with Crippen LogP contribution in [-0.4, -0.2) is 25.1 Å². The molecule has 0 saturated carbocycles. The van der Waals surface area contributed by atoms with E-state index in [1.807, 2.05) is 13.0 Å². The van der Waals surface area contributed by atoms with Crippen LogP contribution in [0.1, 0.15) is 17.5 Å². The first-order valence-electron chi connectivity index (χ1n) is 8.42. The number of nitrogens with zero attached hydrogens (tertiary/aromatic N) is 1. The number of methoxy groups -OCH3 is 2. The van der Waals surface area contributed by atoms with Gasteiger partial charge < -0.3 is 19.2 Å². The van der Waals surface area contributed by atoms with Crippen molar-refractivity contribution in [3.05, 3.63) is 58.1 Å². The number of anilines is 1. The first-order chi connectivity index (χ1) is 13.0. The van der Waals surface area contributed by atoms with E-state index >= 15 is 0 Å². The molecule has 3 rings (SSSR count). The van der Waals surface area contributed by atoms with Gasteiger partial charge in [-0.1, -0.05) is 0 Å². The number of pyridine rings is 1. The Morgan fingerprint density at radius 2 is 2.04 bits per heavy atom. The second-order valence-corrected chi connectivity index (χ2v) is 5.96. The van der Waals surface area contributed by atoms with Crippen LogP contribution >= 0.6 is 0 Å². The zero-order valence-corrected chi connectivity index (χ0v) is 15.4. The molecule has 0 unspecified atom stereocenters. The molecule has 0 aliphatic heterocycles. The second kappa shape index (κ2) is 7.90. The summed E-state index contributed by atoms with van der Waals surface area (Å²) in [4.78, 5) is 28.7. The third kappa shape index (κ3) is 3.92. The first-order valence-corrected chi connectivity index (χ1v) is 8.42. The van der Waals surface area contributed by atoms with Crippen LogP contribution < -0.4 is 20.4 Å². The van der Waals surface area contributed by atoms with E-state index in [1.54, 1.807) is 37.6 Å². The fourth-order valence-corrected chi connectivity index (χ4v) is 2.87. The molecule has 0 atom stereocenters. The van der Waals surface area contributed by atoms with Gasteiger partial charge in [0.15, 0.2) is 11.6 Å². The van der Waals surface area contributed by atoms with Crippen LogP contribution in [-0.2, 0) is 11.2 Å². The zero-order chi connectivity index (χ0) is 19.4. The topological polar surface area (TPSA) is 90.7 Å². The van der Waals surface area contributed by atoms with Crippen LogP contribution in [0.3, 0.4) is 0 Å². The van der Waals surface area contributed by atoms with Crippen molar-refractivity contribution in [3.8, 4) is 11.5 Å². The summed E-state index contributed by atoms with van der Waals surface area (Å²) in [5.74, 6) is 1.17. The van der Waals surface area contributed by atoms with Crippen LogP contribution in [0, 0.1) is 6.92 Å². The molecule has 7 nitrogen and oxygen atoms in total. The van der Waals surface area contributed by atoms with Gasteiger partial charge in [-0.3, -0.25) is 4.79 Å². The molecule has 0 aliphatic rings. The highest BCUT2D eigenvalue weighted by molar-refractivity contribution is 5.91. The monoisotopic (exact) mass is 368 g/mol. The number of aromatic nitrogens is 1. The number of benzene rings is 1. The third-order valence-electron chi connectivity index (χ3n) is 4.34. The summed E-state index contributed by atoms with van der Waals surface area (Å²) in [6, 6.07) is 8.74. The fourth-order valence-electron chi connectivity index (χ4n) is 2.87. The summed E-state index contributed by atoms with van der Waals surface area (Å²) < 4.78 is 15.7. The van der Waals surface area contributed by atoms with Gasteiger partial charge >= 0.3 is 5.63 Å². The Bertz CT molecular complexity index is 1040. The number of amides is 1. The third-order valence-corrected chi connectivity index (χ3v) is 4.34. The molecule has 2 aromatic heterocycles. The Labute approximate surface area is 155 Å². The first kappa shape index (κ1) is 18.4. The minimum Gasteiger partial charge on any atom is -0.497 e. The Balaban J connectivity index is 1.78. The molecule has 0 spiro atoms. The van der Waals surface area contributed by atoms with Crippen molar-refractivity contribution in [3.63, 3.8) is 0 Å². The van der Waals surface area contributed by atoms with E-state index in [0.717, 1.165) is 10.9 Å². The standard InChI is InChI=1S/C20H20N2O5/c1-12-14-7-6-13(25-2)11-17(14)27-20(24)15(12)8-9-18(23)22-19-16(26-3)5-4-10-21-19/h4-7,10-11H,8-9H2,1-3H3,(H,21,22,23). The summed E-state index contributed by atoms with van der Waals surface area (Å²) in [7, 11) is 3.06. The lowest BCUT2D eigenvalue weighted by Gasteiger charge is -2.10. The Morgan fingerprint density at radius 3 is 2.78 bits per heavy atom. The summed E-state index contributed by atoms with van der Waals surface area (Å²) in [6.07, 6.45) is 1.94. The predicted octanol–water partition coefficient (Wildman–Crippen LogP) is 3.08. The number of aryl methyl sites for hydroxylation is 1. The van der Waals surface area contributed by atoms with Gasteiger partial charge in [0.2, 0.25) is 5.91 Å². The Kier molecular flexibility index (Phi) is 5.40. The lowest BCUT2D eigenvalue weighted by molar-refractivity contribution is -0.116. The summed E-state index contributed by atoms with van der Waals surface area (Å²) >= 11 is 0. The fraction of sp³-hybridized carbons (Fsp3) is 0.250. The lowest BCUT2D eigenvalue weighted by atomic mass is 10.0. The molecule has 0 bridgehead atoms. The Hall–Kier alpha value is -3.35. The number of fused-ring (bicyclic) bond motifs is 1. The van der Waals surface area contributed by atoms with E-state index in [1.165, 1.54) is 7.11 Å². The largest absolute Gasteiger partial charge is 0.497 e. The maximum Gasteiger partial charge on any atom is 0.339 e. The molecule has 3 aromatic rings. The quantitative estimate of drug-likeness (QED) is 0.673. The second-order valence-electron chi connectivity index (χ2n) is 5.96. The average Bonchev–Trinajstić information content (AvgIpc) is 2.67. The molecule has 2 heterocycles. The smallest absolute Gasteiger partial charge is 0.339 e. The van der Waals surface area contributed by atoms with Crippen LogP contribution in [0.2, 0.25) is 0 Å². The highest BCUT2D eigenvalue weighted by atomic mass is 16.5. The van der Waals surface area contributed by atoms with E-state index < -0.39 is 5.63 Å². The van der Waals surface area contributed by atoms with Crippen molar-refractivity contribution in [2.75, 3.05) is 19.5 Å². The van der Waals surface area contributed by atoms with Crippen molar-refractivity contribution in [2.24, 2.45) is 0 Å². The summed E-state index contributed by atoms with van der Waals surface area (Å²) in [6.45, 7) is 1.85. The lowest BCUT2D eigenvalue weighted by Crippen LogP contribution is -2.17.